The maximum atomic E-state index is 5.92. The van der Waals surface area contributed by atoms with E-state index in [4.69, 9.17) is 11.6 Å². The molecule has 0 spiro atoms. The molecule has 0 aromatic rings. The summed E-state index contributed by atoms with van der Waals surface area (Å²) in [7, 11) is 0. The standard InChI is InChI=1S/C18H36ClN/c1-2-3-4-5-6-7-8-9-10-11-14-20-15-12-18(17-19)13-16-20/h18H,2-17H2,1H3. The van der Waals surface area contributed by atoms with E-state index in [1.165, 1.54) is 96.7 Å². The van der Waals surface area contributed by atoms with Crippen LogP contribution in [0.1, 0.15) is 84.0 Å². The van der Waals surface area contributed by atoms with Crippen LogP contribution in [0.3, 0.4) is 0 Å². The van der Waals surface area contributed by atoms with Crippen LogP contribution in [0.25, 0.3) is 0 Å². The van der Waals surface area contributed by atoms with Gasteiger partial charge in [0, 0.05) is 5.88 Å². The SMILES string of the molecule is CCCCCCCCCCCCN1CCC(CCl)CC1. The third-order valence-corrected chi connectivity index (χ3v) is 5.19. The zero-order valence-electron chi connectivity index (χ0n) is 13.7. The number of unbranched alkanes of at least 4 members (excludes halogenated alkanes) is 9. The molecular formula is C18H36ClN. The summed E-state index contributed by atoms with van der Waals surface area (Å²) in [5.74, 6) is 1.66. The van der Waals surface area contributed by atoms with Crippen molar-refractivity contribution in [2.24, 2.45) is 5.92 Å². The fourth-order valence-corrected chi connectivity index (χ4v) is 3.50. The van der Waals surface area contributed by atoms with E-state index in [9.17, 15) is 0 Å². The molecule has 0 unspecified atom stereocenters. The largest absolute Gasteiger partial charge is 0.303 e. The predicted octanol–water partition coefficient (Wildman–Crippen LogP) is 5.86. The fourth-order valence-electron chi connectivity index (χ4n) is 3.19. The van der Waals surface area contributed by atoms with Crippen molar-refractivity contribution < 1.29 is 0 Å². The van der Waals surface area contributed by atoms with Crippen molar-refractivity contribution in [3.63, 3.8) is 0 Å². The Morgan fingerprint density at radius 3 is 1.80 bits per heavy atom. The Labute approximate surface area is 132 Å². The molecule has 1 rings (SSSR count). The second kappa shape index (κ2) is 13.0. The van der Waals surface area contributed by atoms with Crippen molar-refractivity contribution in [1.29, 1.82) is 0 Å². The highest BCUT2D eigenvalue weighted by molar-refractivity contribution is 6.18. The van der Waals surface area contributed by atoms with Crippen LogP contribution in [0.2, 0.25) is 0 Å². The average molecular weight is 302 g/mol. The first-order valence-corrected chi connectivity index (χ1v) is 9.68. The number of nitrogens with zero attached hydrogens (tertiary/aromatic N) is 1. The van der Waals surface area contributed by atoms with Gasteiger partial charge in [-0.15, -0.1) is 11.6 Å². The topological polar surface area (TPSA) is 3.24 Å². The third-order valence-electron chi connectivity index (χ3n) is 4.75. The quantitative estimate of drug-likeness (QED) is 0.322. The van der Waals surface area contributed by atoms with Crippen molar-refractivity contribution in [2.75, 3.05) is 25.5 Å². The minimum absolute atomic E-state index is 0.792. The van der Waals surface area contributed by atoms with Gasteiger partial charge in [-0.3, -0.25) is 0 Å². The molecule has 1 nitrogen and oxygen atoms in total. The number of piperidine rings is 1. The number of alkyl halides is 1. The summed E-state index contributed by atoms with van der Waals surface area (Å²) >= 11 is 5.92. The van der Waals surface area contributed by atoms with Gasteiger partial charge in [-0.25, -0.2) is 0 Å². The maximum absolute atomic E-state index is 5.92. The highest BCUT2D eigenvalue weighted by Crippen LogP contribution is 2.19. The molecule has 0 atom stereocenters. The molecule has 1 aliphatic heterocycles. The van der Waals surface area contributed by atoms with E-state index >= 15 is 0 Å². The summed E-state index contributed by atoms with van der Waals surface area (Å²) in [6, 6.07) is 0. The smallest absolute Gasteiger partial charge is 0.0252 e. The molecule has 1 aliphatic rings. The second-order valence-corrected chi connectivity index (χ2v) is 6.93. The van der Waals surface area contributed by atoms with Gasteiger partial charge < -0.3 is 4.90 Å². The number of likely N-dealkylation sites (tertiary alicyclic amines) is 1. The van der Waals surface area contributed by atoms with Gasteiger partial charge in [0.05, 0.1) is 0 Å². The van der Waals surface area contributed by atoms with E-state index in [1.54, 1.807) is 0 Å². The molecule has 1 heterocycles. The highest BCUT2D eigenvalue weighted by atomic mass is 35.5. The minimum atomic E-state index is 0.792. The monoisotopic (exact) mass is 301 g/mol. The summed E-state index contributed by atoms with van der Waals surface area (Å²) in [5.41, 5.74) is 0. The zero-order chi connectivity index (χ0) is 14.5. The summed E-state index contributed by atoms with van der Waals surface area (Å²) in [4.78, 5) is 2.65. The average Bonchev–Trinajstić information content (AvgIpc) is 2.50. The first-order valence-electron chi connectivity index (χ1n) is 9.15. The zero-order valence-corrected chi connectivity index (χ0v) is 14.5. The molecule has 120 valence electrons. The molecule has 0 aromatic carbocycles. The van der Waals surface area contributed by atoms with E-state index in [0.717, 1.165) is 11.8 Å². The minimum Gasteiger partial charge on any atom is -0.303 e. The van der Waals surface area contributed by atoms with Crippen molar-refractivity contribution in [2.45, 2.75) is 84.0 Å². The van der Waals surface area contributed by atoms with Crippen LogP contribution in [0.15, 0.2) is 0 Å². The Balaban J connectivity index is 1.79. The molecule has 1 fully saturated rings. The van der Waals surface area contributed by atoms with E-state index < -0.39 is 0 Å². The lowest BCUT2D eigenvalue weighted by Gasteiger charge is -2.30. The molecule has 0 saturated carbocycles. The maximum Gasteiger partial charge on any atom is 0.0252 e. The van der Waals surface area contributed by atoms with Crippen molar-refractivity contribution >= 4 is 11.6 Å². The van der Waals surface area contributed by atoms with Crippen LogP contribution in [0.5, 0.6) is 0 Å². The van der Waals surface area contributed by atoms with Crippen molar-refractivity contribution in [3.8, 4) is 0 Å². The Kier molecular flexibility index (Phi) is 11.8. The van der Waals surface area contributed by atoms with E-state index in [2.05, 4.69) is 11.8 Å². The normalized spacial score (nSPS) is 17.7. The van der Waals surface area contributed by atoms with Crippen LogP contribution in [0, 0.1) is 5.92 Å². The van der Waals surface area contributed by atoms with Gasteiger partial charge >= 0.3 is 0 Å². The van der Waals surface area contributed by atoms with Gasteiger partial charge in [0.1, 0.15) is 0 Å². The Morgan fingerprint density at radius 2 is 1.30 bits per heavy atom. The van der Waals surface area contributed by atoms with Crippen LogP contribution in [-0.2, 0) is 0 Å². The van der Waals surface area contributed by atoms with Crippen molar-refractivity contribution in [1.82, 2.24) is 4.90 Å². The van der Waals surface area contributed by atoms with E-state index in [0.29, 0.717) is 0 Å². The lowest BCUT2D eigenvalue weighted by molar-refractivity contribution is 0.190. The molecule has 0 radical (unpaired) electrons. The van der Waals surface area contributed by atoms with Gasteiger partial charge in [0.2, 0.25) is 0 Å². The van der Waals surface area contributed by atoms with Crippen LogP contribution < -0.4 is 0 Å². The first-order chi connectivity index (χ1) is 9.86. The van der Waals surface area contributed by atoms with Gasteiger partial charge in [0.15, 0.2) is 0 Å². The Morgan fingerprint density at radius 1 is 0.800 bits per heavy atom. The molecule has 0 N–H and O–H groups in total. The molecule has 0 aromatic heterocycles. The van der Waals surface area contributed by atoms with Crippen LogP contribution in [0.4, 0.5) is 0 Å². The fraction of sp³-hybridized carbons (Fsp3) is 1.00. The first kappa shape index (κ1) is 18.3. The number of hydrogen-bond acceptors (Lipinski definition) is 1. The lowest BCUT2D eigenvalue weighted by atomic mass is 9.98. The second-order valence-electron chi connectivity index (χ2n) is 6.62. The third kappa shape index (κ3) is 9.23. The van der Waals surface area contributed by atoms with Crippen molar-refractivity contribution in [3.05, 3.63) is 0 Å². The molecule has 0 aliphatic carbocycles. The molecule has 0 bridgehead atoms. The number of hydrogen-bond donors (Lipinski definition) is 0. The van der Waals surface area contributed by atoms with Gasteiger partial charge in [-0.1, -0.05) is 64.7 Å². The molecule has 1 saturated heterocycles. The van der Waals surface area contributed by atoms with Crippen LogP contribution in [-0.4, -0.2) is 30.4 Å². The molecule has 2 heteroatoms. The van der Waals surface area contributed by atoms with E-state index in [1.807, 2.05) is 0 Å². The van der Waals surface area contributed by atoms with E-state index in [-0.39, 0.29) is 0 Å². The highest BCUT2D eigenvalue weighted by Gasteiger charge is 2.17. The van der Waals surface area contributed by atoms with Gasteiger partial charge in [0.25, 0.3) is 0 Å². The number of rotatable bonds is 12. The summed E-state index contributed by atoms with van der Waals surface area (Å²) in [6.07, 6.45) is 17.0. The predicted molar refractivity (Wildman–Crippen MR) is 91.7 cm³/mol. The molecule has 20 heavy (non-hydrogen) atoms. The molecule has 0 amide bonds. The van der Waals surface area contributed by atoms with Crippen LogP contribution >= 0.6 is 11.6 Å². The summed E-state index contributed by atoms with van der Waals surface area (Å²) < 4.78 is 0. The lowest BCUT2D eigenvalue weighted by Crippen LogP contribution is -2.34. The van der Waals surface area contributed by atoms with Gasteiger partial charge in [-0.2, -0.15) is 0 Å². The number of halogens is 1. The Bertz CT molecular complexity index is 200. The van der Waals surface area contributed by atoms with Gasteiger partial charge in [-0.05, 0) is 44.8 Å². The molecular weight excluding hydrogens is 266 g/mol. The Hall–Kier alpha value is 0.250. The summed E-state index contributed by atoms with van der Waals surface area (Å²) in [5, 5.41) is 0. The summed E-state index contributed by atoms with van der Waals surface area (Å²) in [6.45, 7) is 6.19.